The van der Waals surface area contributed by atoms with E-state index < -0.39 is 102 Å². The van der Waals surface area contributed by atoms with E-state index in [0.29, 0.717) is 38.6 Å². The van der Waals surface area contributed by atoms with Crippen molar-refractivity contribution in [3.05, 3.63) is 0 Å². The molecule has 19 nitrogen and oxygen atoms in total. The van der Waals surface area contributed by atoms with E-state index in [0.717, 1.165) is 32.1 Å². The summed E-state index contributed by atoms with van der Waals surface area (Å²) in [6.07, 6.45) is 5.11. The van der Waals surface area contributed by atoms with Crippen LogP contribution in [0.15, 0.2) is 0 Å². The molecule has 1 fully saturated rings. The molecule has 0 unspecified atom stereocenters. The lowest BCUT2D eigenvalue weighted by atomic mass is 9.84. The molecule has 0 heterocycles. The summed E-state index contributed by atoms with van der Waals surface area (Å²) in [6, 6.07) is -8.48. The first-order valence-corrected chi connectivity index (χ1v) is 22.7. The molecule has 19 heteroatoms. The number of unbranched alkanes of at least 4 members (excludes halogenated alkanes) is 1. The molecular formula is C43H81N9O10. The third-order valence-electron chi connectivity index (χ3n) is 12.1. The molecule has 6 amide bonds. The SMILES string of the molecule is CC[C@H](C)[C@H](N)C(=O)N[C@H](C(=O)N[C@H](C(=O)N[C@@H](CCCCN)CN[C@@H](C)C(=O)N[C@H](C(=O)N[C@@H](CC1CCCCC1)C(=O)N[C@H](C(=O)O)[C@@H](C)O)[C@@H](C)CC)[C@@H](C)O)C(C)C. The number of nitrogens with two attached hydrogens (primary N) is 2. The highest BCUT2D eigenvalue weighted by Gasteiger charge is 2.36. The van der Waals surface area contributed by atoms with Gasteiger partial charge in [-0.3, -0.25) is 28.8 Å². The van der Waals surface area contributed by atoms with Crippen LogP contribution in [0.25, 0.3) is 0 Å². The van der Waals surface area contributed by atoms with Crippen LogP contribution >= 0.6 is 0 Å². The number of aliphatic hydroxyl groups excluding tert-OH is 2. The number of amides is 6. The minimum atomic E-state index is -1.58. The molecule has 0 spiro atoms. The number of aliphatic hydroxyl groups is 2. The van der Waals surface area contributed by atoms with Crippen LogP contribution in [0.4, 0.5) is 0 Å². The Balaban J connectivity index is 3.16. The van der Waals surface area contributed by atoms with Gasteiger partial charge in [-0.1, -0.05) is 92.9 Å². The highest BCUT2D eigenvalue weighted by atomic mass is 16.4. The fourth-order valence-electron chi connectivity index (χ4n) is 7.28. The van der Waals surface area contributed by atoms with Gasteiger partial charge < -0.3 is 64.0 Å². The molecule has 1 saturated carbocycles. The van der Waals surface area contributed by atoms with Crippen LogP contribution in [0.5, 0.6) is 0 Å². The van der Waals surface area contributed by atoms with Crippen molar-refractivity contribution in [2.75, 3.05) is 13.1 Å². The number of carbonyl (C=O) groups is 7. The van der Waals surface area contributed by atoms with Gasteiger partial charge in [-0.05, 0) is 70.3 Å². The van der Waals surface area contributed by atoms with Gasteiger partial charge in [0, 0.05) is 12.6 Å². The van der Waals surface area contributed by atoms with Crippen LogP contribution < -0.4 is 48.7 Å². The first-order chi connectivity index (χ1) is 29.1. The van der Waals surface area contributed by atoms with Crippen molar-refractivity contribution in [2.45, 2.75) is 193 Å². The Morgan fingerprint density at radius 1 is 0.613 bits per heavy atom. The average molecular weight is 884 g/mol. The molecule has 358 valence electrons. The molecule has 0 aromatic carbocycles. The van der Waals surface area contributed by atoms with E-state index in [2.05, 4.69) is 37.2 Å². The highest BCUT2D eigenvalue weighted by molar-refractivity contribution is 5.95. The minimum absolute atomic E-state index is 0.0847. The summed E-state index contributed by atoms with van der Waals surface area (Å²) in [5, 5.41) is 49.4. The van der Waals surface area contributed by atoms with Gasteiger partial charge in [-0.15, -0.1) is 0 Å². The molecule has 1 rings (SSSR count). The molecule has 62 heavy (non-hydrogen) atoms. The maximum Gasteiger partial charge on any atom is 0.328 e. The van der Waals surface area contributed by atoms with Gasteiger partial charge in [0.05, 0.1) is 24.3 Å². The second-order valence-corrected chi connectivity index (χ2v) is 17.7. The molecule has 0 aliphatic heterocycles. The number of carbonyl (C=O) groups excluding carboxylic acids is 6. The van der Waals surface area contributed by atoms with E-state index >= 15 is 0 Å². The predicted molar refractivity (Wildman–Crippen MR) is 236 cm³/mol. The second kappa shape index (κ2) is 28.7. The average Bonchev–Trinajstić information content (AvgIpc) is 3.22. The summed E-state index contributed by atoms with van der Waals surface area (Å²) < 4.78 is 0. The van der Waals surface area contributed by atoms with Crippen molar-refractivity contribution in [3.8, 4) is 0 Å². The number of carboxylic acid groups (broad SMARTS) is 1. The van der Waals surface area contributed by atoms with Crippen LogP contribution in [-0.2, 0) is 33.6 Å². The van der Waals surface area contributed by atoms with Gasteiger partial charge in [0.2, 0.25) is 35.4 Å². The number of nitrogens with one attached hydrogen (secondary N) is 7. The van der Waals surface area contributed by atoms with Crippen molar-refractivity contribution >= 4 is 41.4 Å². The van der Waals surface area contributed by atoms with Crippen molar-refractivity contribution in [1.29, 1.82) is 0 Å². The first-order valence-electron chi connectivity index (χ1n) is 22.7. The van der Waals surface area contributed by atoms with Crippen molar-refractivity contribution in [2.24, 2.45) is 35.1 Å². The minimum Gasteiger partial charge on any atom is -0.480 e. The van der Waals surface area contributed by atoms with Crippen molar-refractivity contribution in [3.63, 3.8) is 0 Å². The number of hydrogen-bond acceptors (Lipinski definition) is 12. The highest BCUT2D eigenvalue weighted by Crippen LogP contribution is 2.27. The lowest BCUT2D eigenvalue weighted by Gasteiger charge is -2.31. The topological polar surface area (TPSA) is 316 Å². The molecule has 0 saturated heterocycles. The molecule has 0 aromatic heterocycles. The monoisotopic (exact) mass is 884 g/mol. The third kappa shape index (κ3) is 19.2. The second-order valence-electron chi connectivity index (χ2n) is 17.7. The maximum absolute atomic E-state index is 13.9. The molecular weight excluding hydrogens is 803 g/mol. The van der Waals surface area contributed by atoms with Crippen LogP contribution in [0.2, 0.25) is 0 Å². The maximum atomic E-state index is 13.9. The zero-order valence-corrected chi connectivity index (χ0v) is 38.6. The van der Waals surface area contributed by atoms with Crippen LogP contribution in [0.1, 0.15) is 133 Å². The molecule has 12 atom stereocenters. The summed E-state index contributed by atoms with van der Waals surface area (Å²) in [5.74, 6) is -5.92. The van der Waals surface area contributed by atoms with Gasteiger partial charge in [-0.25, -0.2) is 4.79 Å². The van der Waals surface area contributed by atoms with E-state index in [9.17, 15) is 48.9 Å². The molecule has 1 aliphatic rings. The van der Waals surface area contributed by atoms with Gasteiger partial charge in [0.25, 0.3) is 0 Å². The number of hydrogen-bond donors (Lipinski definition) is 12. The van der Waals surface area contributed by atoms with Crippen molar-refractivity contribution < 1.29 is 48.9 Å². The Kier molecular flexibility index (Phi) is 26.0. The Labute approximate surface area is 368 Å². The number of aliphatic carboxylic acids is 1. The van der Waals surface area contributed by atoms with Crippen LogP contribution in [-0.4, -0.2) is 130 Å². The first kappa shape index (κ1) is 56.1. The Morgan fingerprint density at radius 2 is 1.13 bits per heavy atom. The van der Waals surface area contributed by atoms with E-state index in [-0.39, 0.29) is 36.6 Å². The molecule has 0 radical (unpaired) electrons. The summed E-state index contributed by atoms with van der Waals surface area (Å²) in [6.45, 7) is 15.5. The quantitative estimate of drug-likeness (QED) is 0.0437. The normalized spacial score (nSPS) is 19.1. The standard InChI is InChI=1S/C43H81N9O10/c1-10-24(5)32(45)39(57)49-33(23(3)4)40(58)51-35(27(8)53)42(60)47-30(19-15-16-20-44)22-46-26(7)37(55)50-34(25(6)11-2)41(59)48-31(21-29-17-13-12-14-18-29)38(56)52-36(28(9)54)43(61)62/h23-36,46,53-54H,10-22,44-45H2,1-9H3,(H,47,60)(H,48,59)(H,49,57)(H,50,55)(H,51,58)(H,52,56)(H,61,62)/t24-,25-,26-,27+,28+,30-,31-,32-,33-,34-,35-,36-/m0/s1. The zero-order chi connectivity index (χ0) is 47.3. The Hall–Kier alpha value is -3.91. The van der Waals surface area contributed by atoms with Gasteiger partial charge in [0.15, 0.2) is 6.04 Å². The van der Waals surface area contributed by atoms with E-state index in [4.69, 9.17) is 11.5 Å². The third-order valence-corrected chi connectivity index (χ3v) is 12.1. The molecule has 0 bridgehead atoms. The predicted octanol–water partition coefficient (Wildman–Crippen LogP) is -0.106. The fraction of sp³-hybridized carbons (Fsp3) is 0.837. The van der Waals surface area contributed by atoms with E-state index in [1.807, 2.05) is 20.8 Å². The van der Waals surface area contributed by atoms with Crippen molar-refractivity contribution in [1.82, 2.24) is 37.2 Å². The lowest BCUT2D eigenvalue weighted by molar-refractivity contribution is -0.145. The molecule has 0 aromatic rings. The molecule has 1 aliphatic carbocycles. The van der Waals surface area contributed by atoms with Gasteiger partial charge >= 0.3 is 5.97 Å². The zero-order valence-electron chi connectivity index (χ0n) is 38.6. The van der Waals surface area contributed by atoms with E-state index in [1.54, 1.807) is 27.7 Å². The summed E-state index contributed by atoms with van der Waals surface area (Å²) in [4.78, 5) is 92.8. The summed E-state index contributed by atoms with van der Waals surface area (Å²) in [7, 11) is 0. The molecule has 14 N–H and O–H groups in total. The van der Waals surface area contributed by atoms with Gasteiger partial charge in [0.1, 0.15) is 24.2 Å². The smallest absolute Gasteiger partial charge is 0.328 e. The number of rotatable bonds is 29. The Bertz CT molecular complexity index is 1430. The van der Waals surface area contributed by atoms with Crippen LogP contribution in [0.3, 0.4) is 0 Å². The summed E-state index contributed by atoms with van der Waals surface area (Å²) in [5.41, 5.74) is 11.8. The number of carboxylic acids is 1. The lowest BCUT2D eigenvalue weighted by Crippen LogP contribution is -2.61. The largest absolute Gasteiger partial charge is 0.480 e. The van der Waals surface area contributed by atoms with E-state index in [1.165, 1.54) is 13.8 Å². The van der Waals surface area contributed by atoms with Crippen LogP contribution in [0, 0.1) is 23.7 Å². The fourth-order valence-corrected chi connectivity index (χ4v) is 7.28. The summed E-state index contributed by atoms with van der Waals surface area (Å²) >= 11 is 0. The van der Waals surface area contributed by atoms with Gasteiger partial charge in [-0.2, -0.15) is 0 Å². The Morgan fingerprint density at radius 3 is 1.65 bits per heavy atom.